The molecule has 0 radical (unpaired) electrons. The van der Waals surface area contributed by atoms with Crippen molar-refractivity contribution >= 4 is 17.3 Å². The van der Waals surface area contributed by atoms with Crippen molar-refractivity contribution in [1.82, 2.24) is 0 Å². The van der Waals surface area contributed by atoms with Gasteiger partial charge in [0.2, 0.25) is 0 Å². The van der Waals surface area contributed by atoms with E-state index in [1.165, 1.54) is 12.1 Å². The third-order valence-electron chi connectivity index (χ3n) is 3.66. The van der Waals surface area contributed by atoms with Gasteiger partial charge in [-0.25, -0.2) is 0 Å². The fraction of sp³-hybridized carbons (Fsp3) is 0.462. The first-order chi connectivity index (χ1) is 8.90. The fourth-order valence-electron chi connectivity index (χ4n) is 2.59. The van der Waals surface area contributed by atoms with Crippen LogP contribution in [0.4, 0.5) is 11.4 Å². The molecule has 102 valence electrons. The Labute approximate surface area is 110 Å². The van der Waals surface area contributed by atoms with E-state index in [9.17, 15) is 14.9 Å². The molecule has 1 aliphatic heterocycles. The van der Waals surface area contributed by atoms with Crippen molar-refractivity contribution in [1.29, 1.82) is 0 Å². The number of carboxylic acid groups (broad SMARTS) is 1. The molecule has 19 heavy (non-hydrogen) atoms. The number of hydrogen-bond acceptors (Lipinski definition) is 4. The molecule has 1 heterocycles. The van der Waals surface area contributed by atoms with Crippen molar-refractivity contribution in [2.75, 3.05) is 18.0 Å². The van der Waals surface area contributed by atoms with Crippen LogP contribution in [0.1, 0.15) is 12.5 Å². The lowest BCUT2D eigenvalue weighted by Gasteiger charge is -2.20. The van der Waals surface area contributed by atoms with Gasteiger partial charge in [0.15, 0.2) is 0 Å². The molecule has 1 aromatic rings. The number of aliphatic carboxylic acids is 1. The van der Waals surface area contributed by atoms with Crippen molar-refractivity contribution in [2.45, 2.75) is 13.8 Å². The standard InChI is InChI=1S/C13H16N2O4/c1-8-5-10(15(18)19)3-4-12(8)14-6-9(2)11(7-14)13(16)17/h3-5,9,11H,6-7H2,1-2H3,(H,16,17). The van der Waals surface area contributed by atoms with Crippen molar-refractivity contribution in [3.05, 3.63) is 33.9 Å². The Morgan fingerprint density at radius 3 is 2.63 bits per heavy atom. The lowest BCUT2D eigenvalue weighted by molar-refractivity contribution is -0.384. The van der Waals surface area contributed by atoms with Crippen LogP contribution in [0.5, 0.6) is 0 Å². The summed E-state index contributed by atoms with van der Waals surface area (Å²) in [6, 6.07) is 4.68. The quantitative estimate of drug-likeness (QED) is 0.667. The number of hydrogen-bond donors (Lipinski definition) is 1. The number of anilines is 1. The van der Waals surface area contributed by atoms with E-state index in [1.54, 1.807) is 13.0 Å². The monoisotopic (exact) mass is 264 g/mol. The lowest BCUT2D eigenvalue weighted by atomic mass is 9.99. The smallest absolute Gasteiger partial charge is 0.308 e. The highest BCUT2D eigenvalue weighted by Gasteiger charge is 2.35. The average Bonchev–Trinajstić information content (AvgIpc) is 2.71. The van der Waals surface area contributed by atoms with Crippen LogP contribution in [0, 0.1) is 28.9 Å². The maximum absolute atomic E-state index is 11.1. The Balaban J connectivity index is 2.24. The van der Waals surface area contributed by atoms with E-state index in [0.717, 1.165) is 11.3 Å². The molecule has 0 aromatic heterocycles. The SMILES string of the molecule is Cc1cc([N+](=O)[O-])ccc1N1CC(C)C(C(=O)O)C1. The van der Waals surface area contributed by atoms with Crippen LogP contribution in [0.2, 0.25) is 0 Å². The van der Waals surface area contributed by atoms with Crippen LogP contribution in [0.15, 0.2) is 18.2 Å². The number of carbonyl (C=O) groups is 1. The number of nitro groups is 1. The van der Waals surface area contributed by atoms with E-state index < -0.39 is 10.9 Å². The zero-order chi connectivity index (χ0) is 14.2. The van der Waals surface area contributed by atoms with Crippen molar-refractivity contribution in [3.8, 4) is 0 Å². The van der Waals surface area contributed by atoms with E-state index >= 15 is 0 Å². The summed E-state index contributed by atoms with van der Waals surface area (Å²) in [7, 11) is 0. The van der Waals surface area contributed by atoms with Crippen LogP contribution < -0.4 is 4.90 Å². The fourth-order valence-corrected chi connectivity index (χ4v) is 2.59. The van der Waals surface area contributed by atoms with Gasteiger partial charge in [-0.1, -0.05) is 6.92 Å². The first-order valence-electron chi connectivity index (χ1n) is 6.13. The van der Waals surface area contributed by atoms with Gasteiger partial charge < -0.3 is 10.0 Å². The highest BCUT2D eigenvalue weighted by atomic mass is 16.6. The molecule has 1 fully saturated rings. The molecule has 0 amide bonds. The summed E-state index contributed by atoms with van der Waals surface area (Å²) >= 11 is 0. The van der Waals surface area contributed by atoms with E-state index in [-0.39, 0.29) is 17.5 Å². The van der Waals surface area contributed by atoms with Gasteiger partial charge in [0, 0.05) is 30.9 Å². The molecule has 0 bridgehead atoms. The van der Waals surface area contributed by atoms with Gasteiger partial charge in [0.05, 0.1) is 10.8 Å². The van der Waals surface area contributed by atoms with Gasteiger partial charge in [-0.05, 0) is 24.5 Å². The van der Waals surface area contributed by atoms with E-state index in [2.05, 4.69) is 0 Å². The minimum absolute atomic E-state index is 0.0586. The zero-order valence-corrected chi connectivity index (χ0v) is 10.9. The van der Waals surface area contributed by atoms with Crippen LogP contribution in [-0.2, 0) is 4.79 Å². The van der Waals surface area contributed by atoms with E-state index in [4.69, 9.17) is 5.11 Å². The van der Waals surface area contributed by atoms with Crippen molar-refractivity contribution < 1.29 is 14.8 Å². The third-order valence-corrected chi connectivity index (χ3v) is 3.66. The van der Waals surface area contributed by atoms with Crippen LogP contribution in [-0.4, -0.2) is 29.1 Å². The minimum Gasteiger partial charge on any atom is -0.481 e. The number of carboxylic acids is 1. The summed E-state index contributed by atoms with van der Waals surface area (Å²) in [5, 5.41) is 19.8. The molecule has 0 aliphatic carbocycles. The number of benzene rings is 1. The Morgan fingerprint density at radius 2 is 2.16 bits per heavy atom. The molecular formula is C13H16N2O4. The highest BCUT2D eigenvalue weighted by Crippen LogP contribution is 2.32. The van der Waals surface area contributed by atoms with Gasteiger partial charge in [0.1, 0.15) is 0 Å². The number of rotatable bonds is 3. The van der Waals surface area contributed by atoms with Crippen molar-refractivity contribution in [3.63, 3.8) is 0 Å². The molecule has 2 rings (SSSR count). The maximum atomic E-state index is 11.1. The van der Waals surface area contributed by atoms with Gasteiger partial charge >= 0.3 is 5.97 Å². The normalized spacial score (nSPS) is 22.5. The number of non-ortho nitro benzene ring substituents is 1. The molecule has 0 spiro atoms. The largest absolute Gasteiger partial charge is 0.481 e. The van der Waals surface area contributed by atoms with Gasteiger partial charge in [0.25, 0.3) is 5.69 Å². The molecule has 1 N–H and O–H groups in total. The molecule has 0 saturated carbocycles. The summed E-state index contributed by atoms with van der Waals surface area (Å²) in [6.07, 6.45) is 0. The van der Waals surface area contributed by atoms with Gasteiger partial charge in [-0.2, -0.15) is 0 Å². The topological polar surface area (TPSA) is 83.7 Å². The van der Waals surface area contributed by atoms with E-state index in [1.807, 2.05) is 11.8 Å². The van der Waals surface area contributed by atoms with Crippen LogP contribution in [0.3, 0.4) is 0 Å². The highest BCUT2D eigenvalue weighted by molar-refractivity contribution is 5.73. The molecular weight excluding hydrogens is 248 g/mol. The summed E-state index contributed by atoms with van der Waals surface area (Å²) < 4.78 is 0. The molecule has 1 aromatic carbocycles. The summed E-state index contributed by atoms with van der Waals surface area (Å²) in [6.45, 7) is 4.84. The summed E-state index contributed by atoms with van der Waals surface area (Å²) in [5.41, 5.74) is 1.73. The number of aryl methyl sites for hydroxylation is 1. The minimum atomic E-state index is -0.783. The summed E-state index contributed by atoms with van der Waals surface area (Å²) in [5.74, 6) is -1.09. The lowest BCUT2D eigenvalue weighted by Crippen LogP contribution is -2.23. The Morgan fingerprint density at radius 1 is 1.47 bits per heavy atom. The molecule has 1 aliphatic rings. The predicted molar refractivity (Wildman–Crippen MR) is 70.3 cm³/mol. The predicted octanol–water partition coefficient (Wildman–Crippen LogP) is 2.06. The summed E-state index contributed by atoms with van der Waals surface area (Å²) in [4.78, 5) is 23.4. The van der Waals surface area contributed by atoms with Gasteiger partial charge in [-0.15, -0.1) is 0 Å². The van der Waals surface area contributed by atoms with Crippen LogP contribution in [0.25, 0.3) is 0 Å². The molecule has 2 atom stereocenters. The molecule has 2 unspecified atom stereocenters. The number of nitrogens with zero attached hydrogens (tertiary/aromatic N) is 2. The third kappa shape index (κ3) is 2.52. The second kappa shape index (κ2) is 4.87. The number of nitro benzene ring substituents is 1. The second-order valence-corrected chi connectivity index (χ2v) is 5.05. The second-order valence-electron chi connectivity index (χ2n) is 5.05. The average molecular weight is 264 g/mol. The Bertz CT molecular complexity index is 529. The molecule has 6 nitrogen and oxygen atoms in total. The first kappa shape index (κ1) is 13.3. The Kier molecular flexibility index (Phi) is 3.42. The first-order valence-corrected chi connectivity index (χ1v) is 6.13. The maximum Gasteiger partial charge on any atom is 0.308 e. The van der Waals surface area contributed by atoms with E-state index in [0.29, 0.717) is 13.1 Å². The van der Waals surface area contributed by atoms with Crippen LogP contribution >= 0.6 is 0 Å². The van der Waals surface area contributed by atoms with Crippen molar-refractivity contribution in [2.24, 2.45) is 11.8 Å². The van der Waals surface area contributed by atoms with Gasteiger partial charge in [-0.3, -0.25) is 14.9 Å². The Hall–Kier alpha value is -2.11. The zero-order valence-electron chi connectivity index (χ0n) is 10.9. The molecule has 6 heteroatoms. The molecule has 1 saturated heterocycles.